The van der Waals surface area contributed by atoms with Gasteiger partial charge in [-0.25, -0.2) is 0 Å². The van der Waals surface area contributed by atoms with E-state index in [1.54, 1.807) is 0 Å². The number of benzene rings is 2. The lowest BCUT2D eigenvalue weighted by Crippen LogP contribution is -2.08. The molecule has 5 heteroatoms. The van der Waals surface area contributed by atoms with Gasteiger partial charge in [0.25, 0.3) is 0 Å². The summed E-state index contributed by atoms with van der Waals surface area (Å²) >= 11 is 8.37. The summed E-state index contributed by atoms with van der Waals surface area (Å²) in [4.78, 5) is 0.352. The van der Waals surface area contributed by atoms with Crippen LogP contribution in [-0.4, -0.2) is 16.7 Å². The maximum absolute atomic E-state index is 8.87. The first kappa shape index (κ1) is 15.0. The molecule has 2 aromatic rings. The zero-order valence-corrected chi connectivity index (χ0v) is 13.1. The highest BCUT2D eigenvalue weighted by Crippen LogP contribution is 2.30. The van der Waals surface area contributed by atoms with Crippen molar-refractivity contribution in [3.05, 3.63) is 58.1 Å². The molecule has 3 N–H and O–H groups in total. The summed E-state index contributed by atoms with van der Waals surface area (Å²) in [6, 6.07) is 13.1. The quantitative estimate of drug-likeness (QED) is 0.810. The number of thiocarbonyl (C=S) groups is 1. The highest BCUT2D eigenvalue weighted by atomic mass is 79.9. The molecule has 0 saturated carbocycles. The Hall–Kier alpha value is -1.43. The fourth-order valence-electron chi connectivity index (χ4n) is 1.72. The first-order valence-corrected chi connectivity index (χ1v) is 7.27. The van der Waals surface area contributed by atoms with Crippen LogP contribution < -0.4 is 10.5 Å². The fraction of sp³-hybridized carbons (Fsp3) is 0.133. The second kappa shape index (κ2) is 6.83. The van der Waals surface area contributed by atoms with Gasteiger partial charge < -0.3 is 15.6 Å². The smallest absolute Gasteiger partial charge is 0.141 e. The Bertz CT molecular complexity index is 614. The molecule has 3 nitrogen and oxygen atoms in total. The Balaban J connectivity index is 2.15. The number of hydrogen-bond acceptors (Lipinski definition) is 3. The second-order valence-corrected chi connectivity index (χ2v) is 5.52. The van der Waals surface area contributed by atoms with Gasteiger partial charge in [0.05, 0.1) is 4.47 Å². The lowest BCUT2D eigenvalue weighted by atomic mass is 10.1. The molecule has 0 aliphatic carbocycles. The van der Waals surface area contributed by atoms with E-state index in [0.717, 1.165) is 21.3 Å². The van der Waals surface area contributed by atoms with E-state index in [2.05, 4.69) is 15.9 Å². The predicted octanol–water partition coefficient (Wildman–Crippen LogP) is 3.41. The Labute approximate surface area is 131 Å². The lowest BCUT2D eigenvalue weighted by Gasteiger charge is -2.09. The van der Waals surface area contributed by atoms with Crippen molar-refractivity contribution in [1.29, 1.82) is 0 Å². The van der Waals surface area contributed by atoms with E-state index in [0.29, 0.717) is 17.2 Å². The van der Waals surface area contributed by atoms with Crippen molar-refractivity contribution in [3.8, 4) is 11.5 Å². The predicted molar refractivity (Wildman–Crippen MR) is 87.3 cm³/mol. The van der Waals surface area contributed by atoms with Gasteiger partial charge in [-0.15, -0.1) is 0 Å². The van der Waals surface area contributed by atoms with E-state index >= 15 is 0 Å². The SMILES string of the molecule is NC(=S)c1ccc(Oc2ccc(CCO)cc2)c(Br)c1. The molecular weight excluding hydrogens is 338 g/mol. The summed E-state index contributed by atoms with van der Waals surface area (Å²) in [7, 11) is 0. The third-order valence-corrected chi connectivity index (χ3v) is 3.62. The molecule has 0 aromatic heterocycles. The summed E-state index contributed by atoms with van der Waals surface area (Å²) in [5.41, 5.74) is 7.44. The van der Waals surface area contributed by atoms with Crippen LogP contribution in [0.4, 0.5) is 0 Å². The van der Waals surface area contributed by atoms with Crippen molar-refractivity contribution in [1.82, 2.24) is 0 Å². The second-order valence-electron chi connectivity index (χ2n) is 4.23. The van der Waals surface area contributed by atoms with Gasteiger partial charge in [-0.3, -0.25) is 0 Å². The van der Waals surface area contributed by atoms with Gasteiger partial charge in [0.2, 0.25) is 0 Å². The molecule has 0 bridgehead atoms. The Kier molecular flexibility index (Phi) is 5.11. The van der Waals surface area contributed by atoms with E-state index in [9.17, 15) is 0 Å². The molecule has 0 spiro atoms. The van der Waals surface area contributed by atoms with Gasteiger partial charge in [-0.1, -0.05) is 24.4 Å². The number of rotatable bonds is 5. The summed E-state index contributed by atoms with van der Waals surface area (Å²) in [6.45, 7) is 0.145. The normalized spacial score (nSPS) is 10.3. The van der Waals surface area contributed by atoms with Gasteiger partial charge >= 0.3 is 0 Å². The number of aliphatic hydroxyl groups is 1. The molecule has 0 saturated heterocycles. The zero-order valence-electron chi connectivity index (χ0n) is 10.7. The van der Waals surface area contributed by atoms with Crippen LogP contribution in [0.15, 0.2) is 46.9 Å². The highest BCUT2D eigenvalue weighted by Gasteiger charge is 2.05. The van der Waals surface area contributed by atoms with Gasteiger partial charge in [0, 0.05) is 12.2 Å². The standard InChI is InChI=1S/C15H14BrNO2S/c16-13-9-11(15(17)20)3-6-14(13)19-12-4-1-10(2-5-12)7-8-18/h1-6,9,18H,7-8H2,(H2,17,20). The number of hydrogen-bond donors (Lipinski definition) is 2. The van der Waals surface area contributed by atoms with E-state index in [1.807, 2.05) is 42.5 Å². The number of nitrogens with two attached hydrogens (primary N) is 1. The molecule has 0 unspecified atom stereocenters. The van der Waals surface area contributed by atoms with E-state index in [1.165, 1.54) is 0 Å². The van der Waals surface area contributed by atoms with Crippen molar-refractivity contribution in [2.75, 3.05) is 6.61 Å². The van der Waals surface area contributed by atoms with Crippen LogP contribution in [0, 0.1) is 0 Å². The number of ether oxygens (including phenoxy) is 1. The van der Waals surface area contributed by atoms with Crippen molar-refractivity contribution in [2.24, 2.45) is 5.73 Å². The van der Waals surface area contributed by atoms with Crippen LogP contribution in [0.2, 0.25) is 0 Å². The highest BCUT2D eigenvalue weighted by molar-refractivity contribution is 9.10. The minimum Gasteiger partial charge on any atom is -0.456 e. The Morgan fingerprint density at radius 2 is 1.90 bits per heavy atom. The van der Waals surface area contributed by atoms with Crippen LogP contribution in [-0.2, 0) is 6.42 Å². The third-order valence-electron chi connectivity index (χ3n) is 2.77. The minimum atomic E-state index is 0.145. The summed E-state index contributed by atoms with van der Waals surface area (Å²) in [5, 5.41) is 8.87. The molecule has 2 aromatic carbocycles. The maximum atomic E-state index is 8.87. The van der Waals surface area contributed by atoms with Gasteiger partial charge in [0.1, 0.15) is 16.5 Å². The molecule has 0 aliphatic heterocycles. The Morgan fingerprint density at radius 3 is 2.45 bits per heavy atom. The molecule has 0 radical (unpaired) electrons. The monoisotopic (exact) mass is 351 g/mol. The van der Waals surface area contributed by atoms with Crippen molar-refractivity contribution < 1.29 is 9.84 Å². The molecule has 0 fully saturated rings. The Morgan fingerprint density at radius 1 is 1.20 bits per heavy atom. The largest absolute Gasteiger partial charge is 0.456 e. The summed E-state index contributed by atoms with van der Waals surface area (Å²) in [6.07, 6.45) is 0.645. The molecule has 0 atom stereocenters. The molecular formula is C15H14BrNO2S. The first-order valence-electron chi connectivity index (χ1n) is 6.07. The zero-order chi connectivity index (χ0) is 14.5. The van der Waals surface area contributed by atoms with Crippen molar-refractivity contribution in [3.63, 3.8) is 0 Å². The van der Waals surface area contributed by atoms with Crippen molar-refractivity contribution >= 4 is 33.1 Å². The van der Waals surface area contributed by atoms with Gasteiger partial charge in [-0.2, -0.15) is 0 Å². The fourth-order valence-corrected chi connectivity index (χ4v) is 2.30. The van der Waals surface area contributed by atoms with Crippen LogP contribution in [0.1, 0.15) is 11.1 Å². The van der Waals surface area contributed by atoms with E-state index in [4.69, 9.17) is 27.8 Å². The average Bonchev–Trinajstić information content (AvgIpc) is 2.43. The molecule has 2 rings (SSSR count). The average molecular weight is 352 g/mol. The summed E-state index contributed by atoms with van der Waals surface area (Å²) < 4.78 is 6.58. The molecule has 0 amide bonds. The topological polar surface area (TPSA) is 55.5 Å². The van der Waals surface area contributed by atoms with E-state index < -0.39 is 0 Å². The lowest BCUT2D eigenvalue weighted by molar-refractivity contribution is 0.299. The third kappa shape index (κ3) is 3.79. The molecule has 0 aliphatic rings. The first-order chi connectivity index (χ1) is 9.60. The molecule has 104 valence electrons. The van der Waals surface area contributed by atoms with E-state index in [-0.39, 0.29) is 6.61 Å². The number of halogens is 1. The van der Waals surface area contributed by atoms with Crippen molar-refractivity contribution in [2.45, 2.75) is 6.42 Å². The number of aliphatic hydroxyl groups excluding tert-OH is 1. The minimum absolute atomic E-state index is 0.145. The van der Waals surface area contributed by atoms with Crippen LogP contribution in [0.5, 0.6) is 11.5 Å². The summed E-state index contributed by atoms with van der Waals surface area (Å²) in [5.74, 6) is 1.43. The van der Waals surface area contributed by atoms with Crippen LogP contribution >= 0.6 is 28.1 Å². The maximum Gasteiger partial charge on any atom is 0.141 e. The molecule has 20 heavy (non-hydrogen) atoms. The molecule has 0 heterocycles. The van der Waals surface area contributed by atoms with Gasteiger partial charge in [0.15, 0.2) is 0 Å². The van der Waals surface area contributed by atoms with Crippen LogP contribution in [0.25, 0.3) is 0 Å². The van der Waals surface area contributed by atoms with Gasteiger partial charge in [-0.05, 0) is 58.2 Å². The van der Waals surface area contributed by atoms with Crippen LogP contribution in [0.3, 0.4) is 0 Å².